The van der Waals surface area contributed by atoms with Gasteiger partial charge in [0.25, 0.3) is 0 Å². The van der Waals surface area contributed by atoms with Crippen LogP contribution in [0.1, 0.15) is 37.3 Å². The Labute approximate surface area is 124 Å². The van der Waals surface area contributed by atoms with E-state index >= 15 is 0 Å². The summed E-state index contributed by atoms with van der Waals surface area (Å²) in [6.45, 7) is 6.40. The second-order valence-electron chi connectivity index (χ2n) is 6.03. The molecule has 1 saturated heterocycles. The molecule has 5 unspecified atom stereocenters. The van der Waals surface area contributed by atoms with Crippen LogP contribution in [0.4, 0.5) is 5.69 Å². The van der Waals surface area contributed by atoms with Crippen molar-refractivity contribution in [2.75, 3.05) is 5.32 Å². The number of carbonyl (C=O) groups excluding carboxylic acids is 1. The average Bonchev–Trinajstić information content (AvgIpc) is 2.87. The fourth-order valence-corrected chi connectivity index (χ4v) is 4.01. The second kappa shape index (κ2) is 5.05. The minimum absolute atomic E-state index is 0.0582. The summed E-state index contributed by atoms with van der Waals surface area (Å²) in [7, 11) is 0. The molecule has 1 aromatic rings. The molecule has 0 saturated carbocycles. The number of rotatable bonds is 2. The van der Waals surface area contributed by atoms with E-state index in [0.717, 1.165) is 16.8 Å². The summed E-state index contributed by atoms with van der Waals surface area (Å²) in [6, 6.07) is 6.04. The van der Waals surface area contributed by atoms with E-state index in [1.807, 2.05) is 12.1 Å². The lowest BCUT2D eigenvalue weighted by atomic mass is 9.83. The van der Waals surface area contributed by atoms with Crippen molar-refractivity contribution in [3.63, 3.8) is 0 Å². The number of anilines is 1. The Morgan fingerprint density at radius 1 is 1.30 bits per heavy atom. The maximum absolute atomic E-state index is 11.4. The van der Waals surface area contributed by atoms with Crippen molar-refractivity contribution in [2.24, 2.45) is 11.8 Å². The van der Waals surface area contributed by atoms with Gasteiger partial charge in [0, 0.05) is 11.6 Å². The van der Waals surface area contributed by atoms with E-state index in [2.05, 4.69) is 32.2 Å². The van der Waals surface area contributed by atoms with Crippen LogP contribution < -0.4 is 5.32 Å². The van der Waals surface area contributed by atoms with Crippen molar-refractivity contribution in [2.45, 2.75) is 44.8 Å². The zero-order valence-corrected chi connectivity index (χ0v) is 12.8. The first kappa shape index (κ1) is 13.9. The number of nitrogens with one attached hydrogen (secondary N) is 1. The Balaban J connectivity index is 1.86. The lowest BCUT2D eigenvalue weighted by Gasteiger charge is -2.24. The van der Waals surface area contributed by atoms with Crippen LogP contribution in [0, 0.1) is 11.8 Å². The lowest BCUT2D eigenvalue weighted by Crippen LogP contribution is -2.22. The Morgan fingerprint density at radius 2 is 2.05 bits per heavy atom. The predicted octanol–water partition coefficient (Wildman–Crippen LogP) is 3.52. The number of ether oxygens (including phenoxy) is 1. The van der Waals surface area contributed by atoms with E-state index in [9.17, 15) is 4.79 Å². The zero-order valence-electron chi connectivity index (χ0n) is 12.0. The first-order valence-corrected chi connectivity index (χ1v) is 7.63. The fraction of sp³-hybridized carbons (Fsp3) is 0.562. The third-order valence-corrected chi connectivity index (χ3v) is 5.27. The van der Waals surface area contributed by atoms with Gasteiger partial charge in [0.05, 0.1) is 24.0 Å². The Kier molecular flexibility index (Phi) is 3.51. The normalized spacial score (nSPS) is 33.9. The number of carbonyl (C=O) groups is 1. The van der Waals surface area contributed by atoms with Gasteiger partial charge in [-0.25, -0.2) is 0 Å². The average molecular weight is 294 g/mol. The molecule has 3 rings (SSSR count). The van der Waals surface area contributed by atoms with E-state index in [1.54, 1.807) is 0 Å². The topological polar surface area (TPSA) is 38.3 Å². The van der Waals surface area contributed by atoms with Gasteiger partial charge in [-0.1, -0.05) is 19.1 Å². The molecule has 1 aromatic carbocycles. The molecule has 3 nitrogen and oxygen atoms in total. The molecule has 0 radical (unpaired) electrons. The van der Waals surface area contributed by atoms with E-state index in [0.29, 0.717) is 18.3 Å². The van der Waals surface area contributed by atoms with Crippen LogP contribution in [-0.2, 0) is 16.0 Å². The summed E-state index contributed by atoms with van der Waals surface area (Å²) < 4.78 is 5.89. The van der Waals surface area contributed by atoms with Crippen LogP contribution in [0.5, 0.6) is 0 Å². The number of halogens is 1. The van der Waals surface area contributed by atoms with Gasteiger partial charge in [0.15, 0.2) is 0 Å². The number of hydrogen-bond donors (Lipinski definition) is 1. The van der Waals surface area contributed by atoms with Crippen LogP contribution in [0.3, 0.4) is 0 Å². The number of hydrogen-bond acceptors (Lipinski definition) is 2. The molecule has 108 valence electrons. The van der Waals surface area contributed by atoms with E-state index in [4.69, 9.17) is 16.3 Å². The minimum Gasteiger partial charge on any atom is -0.375 e. The highest BCUT2D eigenvalue weighted by Crippen LogP contribution is 2.44. The standard InChI is InChI=1S/C16H20ClNO2/c1-8-9(2)20-10(3)15(8)16(17)11-4-5-13-12(6-11)7-14(19)18-13/h4-6,8-10,15-16H,7H2,1-3H3,(H,18,19). The maximum Gasteiger partial charge on any atom is 0.228 e. The number of benzene rings is 1. The fourth-order valence-electron chi connectivity index (χ4n) is 3.44. The van der Waals surface area contributed by atoms with Gasteiger partial charge in [-0.05, 0) is 37.0 Å². The zero-order chi connectivity index (χ0) is 14.4. The molecule has 4 heteroatoms. The van der Waals surface area contributed by atoms with Crippen LogP contribution in [-0.4, -0.2) is 18.1 Å². The van der Waals surface area contributed by atoms with Crippen molar-refractivity contribution >= 4 is 23.2 Å². The lowest BCUT2D eigenvalue weighted by molar-refractivity contribution is -0.115. The summed E-state index contributed by atoms with van der Waals surface area (Å²) >= 11 is 6.72. The molecule has 0 spiro atoms. The van der Waals surface area contributed by atoms with Crippen LogP contribution in [0.25, 0.3) is 0 Å². The highest BCUT2D eigenvalue weighted by atomic mass is 35.5. The van der Waals surface area contributed by atoms with Crippen LogP contribution in [0.2, 0.25) is 0 Å². The molecule has 1 N–H and O–H groups in total. The number of amides is 1. The number of fused-ring (bicyclic) bond motifs is 1. The third kappa shape index (κ3) is 2.23. The van der Waals surface area contributed by atoms with Crippen LogP contribution >= 0.6 is 11.6 Å². The molecule has 2 heterocycles. The predicted molar refractivity (Wildman–Crippen MR) is 80.0 cm³/mol. The van der Waals surface area contributed by atoms with Crippen LogP contribution in [0.15, 0.2) is 18.2 Å². The maximum atomic E-state index is 11.4. The quantitative estimate of drug-likeness (QED) is 0.847. The molecule has 5 atom stereocenters. The first-order chi connectivity index (χ1) is 9.47. The molecular formula is C16H20ClNO2. The monoisotopic (exact) mass is 293 g/mol. The second-order valence-corrected chi connectivity index (χ2v) is 6.50. The summed E-state index contributed by atoms with van der Waals surface area (Å²) in [5, 5.41) is 2.77. The smallest absolute Gasteiger partial charge is 0.228 e. The minimum atomic E-state index is -0.0778. The van der Waals surface area contributed by atoms with Gasteiger partial charge in [-0.2, -0.15) is 0 Å². The number of alkyl halides is 1. The van der Waals surface area contributed by atoms with E-state index < -0.39 is 0 Å². The van der Waals surface area contributed by atoms with Gasteiger partial charge >= 0.3 is 0 Å². The largest absolute Gasteiger partial charge is 0.375 e. The van der Waals surface area contributed by atoms with Crippen molar-refractivity contribution < 1.29 is 9.53 Å². The summed E-state index contributed by atoms with van der Waals surface area (Å²) in [6.07, 6.45) is 0.861. The first-order valence-electron chi connectivity index (χ1n) is 7.19. The molecule has 0 aromatic heterocycles. The summed E-state index contributed by atoms with van der Waals surface area (Å²) in [4.78, 5) is 11.4. The molecule has 0 bridgehead atoms. The summed E-state index contributed by atoms with van der Waals surface area (Å²) in [5.41, 5.74) is 3.05. The Hall–Kier alpha value is -1.06. The summed E-state index contributed by atoms with van der Waals surface area (Å²) in [5.74, 6) is 0.790. The van der Waals surface area contributed by atoms with Gasteiger partial charge in [-0.3, -0.25) is 4.79 Å². The molecular weight excluding hydrogens is 274 g/mol. The Morgan fingerprint density at radius 3 is 2.70 bits per heavy atom. The molecule has 20 heavy (non-hydrogen) atoms. The van der Waals surface area contributed by atoms with Gasteiger partial charge in [0.1, 0.15) is 0 Å². The Bertz CT molecular complexity index is 545. The SMILES string of the molecule is CC1OC(C)C(C(Cl)c2ccc3c(c2)CC(=O)N3)C1C. The highest BCUT2D eigenvalue weighted by Gasteiger charge is 2.41. The van der Waals surface area contributed by atoms with Crippen molar-refractivity contribution in [3.05, 3.63) is 29.3 Å². The van der Waals surface area contributed by atoms with Crippen molar-refractivity contribution in [1.29, 1.82) is 0 Å². The molecule has 0 aliphatic carbocycles. The molecule has 2 aliphatic heterocycles. The highest BCUT2D eigenvalue weighted by molar-refractivity contribution is 6.21. The third-order valence-electron chi connectivity index (χ3n) is 4.73. The van der Waals surface area contributed by atoms with E-state index in [-0.39, 0.29) is 23.5 Å². The van der Waals surface area contributed by atoms with Gasteiger partial charge in [-0.15, -0.1) is 11.6 Å². The van der Waals surface area contributed by atoms with Gasteiger partial charge < -0.3 is 10.1 Å². The van der Waals surface area contributed by atoms with Gasteiger partial charge in [0.2, 0.25) is 5.91 Å². The van der Waals surface area contributed by atoms with Crippen molar-refractivity contribution in [1.82, 2.24) is 0 Å². The molecule has 1 amide bonds. The van der Waals surface area contributed by atoms with E-state index in [1.165, 1.54) is 0 Å². The van der Waals surface area contributed by atoms with Crippen molar-refractivity contribution in [3.8, 4) is 0 Å². The molecule has 1 fully saturated rings. The molecule has 2 aliphatic rings.